The van der Waals surface area contributed by atoms with Crippen LogP contribution in [-0.4, -0.2) is 25.4 Å². The SMILES string of the molecule is CNC(=O)c1c(-c2ccc(F)cc2)oc2cc3c(cc12)[C@@H](C)NC(=O)CN3. The molecule has 0 fully saturated rings. The van der Waals surface area contributed by atoms with E-state index >= 15 is 0 Å². The molecule has 0 radical (unpaired) electrons. The maximum Gasteiger partial charge on any atom is 0.255 e. The van der Waals surface area contributed by atoms with E-state index in [1.54, 1.807) is 25.2 Å². The molecule has 0 saturated heterocycles. The van der Waals surface area contributed by atoms with E-state index in [9.17, 15) is 14.0 Å². The molecule has 1 aliphatic heterocycles. The van der Waals surface area contributed by atoms with Gasteiger partial charge in [0.1, 0.15) is 17.2 Å². The first-order valence-corrected chi connectivity index (χ1v) is 8.59. The van der Waals surface area contributed by atoms with E-state index in [0.29, 0.717) is 27.9 Å². The van der Waals surface area contributed by atoms with Crippen LogP contribution in [0.3, 0.4) is 0 Å². The molecule has 3 aromatic rings. The molecule has 7 heteroatoms. The summed E-state index contributed by atoms with van der Waals surface area (Å²) in [4.78, 5) is 24.4. The molecule has 2 amide bonds. The molecule has 0 unspecified atom stereocenters. The molecule has 2 aromatic carbocycles. The third kappa shape index (κ3) is 2.91. The van der Waals surface area contributed by atoms with Gasteiger partial charge in [0.05, 0.1) is 18.2 Å². The van der Waals surface area contributed by atoms with Gasteiger partial charge < -0.3 is 20.4 Å². The Morgan fingerprint density at radius 1 is 1.26 bits per heavy atom. The molecule has 2 heterocycles. The summed E-state index contributed by atoms with van der Waals surface area (Å²) in [7, 11) is 1.55. The number of hydrogen-bond acceptors (Lipinski definition) is 4. The quantitative estimate of drug-likeness (QED) is 0.650. The van der Waals surface area contributed by atoms with Crippen molar-refractivity contribution in [3.05, 3.63) is 53.3 Å². The molecule has 3 N–H and O–H groups in total. The second-order valence-corrected chi connectivity index (χ2v) is 6.47. The fourth-order valence-electron chi connectivity index (χ4n) is 3.37. The summed E-state index contributed by atoms with van der Waals surface area (Å²) in [5, 5.41) is 9.26. The van der Waals surface area contributed by atoms with Crippen molar-refractivity contribution in [3.63, 3.8) is 0 Å². The Hall–Kier alpha value is -3.35. The van der Waals surface area contributed by atoms with Crippen molar-refractivity contribution in [2.24, 2.45) is 0 Å². The molecule has 6 nitrogen and oxygen atoms in total. The van der Waals surface area contributed by atoms with Gasteiger partial charge in [-0.3, -0.25) is 9.59 Å². The van der Waals surface area contributed by atoms with Gasteiger partial charge in [-0.05, 0) is 42.8 Å². The minimum absolute atomic E-state index is 0.103. The van der Waals surface area contributed by atoms with Gasteiger partial charge in [-0.25, -0.2) is 4.39 Å². The van der Waals surface area contributed by atoms with Crippen molar-refractivity contribution in [3.8, 4) is 11.3 Å². The Morgan fingerprint density at radius 3 is 2.70 bits per heavy atom. The number of anilines is 1. The van der Waals surface area contributed by atoms with Crippen molar-refractivity contribution in [2.75, 3.05) is 18.9 Å². The van der Waals surface area contributed by atoms with Crippen LogP contribution in [0, 0.1) is 5.82 Å². The number of benzene rings is 2. The summed E-state index contributed by atoms with van der Waals surface area (Å²) in [5.41, 5.74) is 3.14. The number of nitrogens with one attached hydrogen (secondary N) is 3. The van der Waals surface area contributed by atoms with Gasteiger partial charge in [0.25, 0.3) is 5.91 Å². The lowest BCUT2D eigenvalue weighted by molar-refractivity contribution is -0.119. The molecular formula is C20H18FN3O3. The summed E-state index contributed by atoms with van der Waals surface area (Å²) in [6, 6.07) is 9.23. The van der Waals surface area contributed by atoms with Gasteiger partial charge in [0.15, 0.2) is 0 Å². The van der Waals surface area contributed by atoms with Gasteiger partial charge in [-0.15, -0.1) is 0 Å². The van der Waals surface area contributed by atoms with Gasteiger partial charge in [0.2, 0.25) is 5.91 Å². The molecule has 4 rings (SSSR count). The number of amides is 2. The maximum absolute atomic E-state index is 13.3. The van der Waals surface area contributed by atoms with Crippen LogP contribution in [0.25, 0.3) is 22.3 Å². The smallest absolute Gasteiger partial charge is 0.255 e. The number of hydrogen-bond donors (Lipinski definition) is 3. The first kappa shape index (κ1) is 17.1. The maximum atomic E-state index is 13.3. The zero-order chi connectivity index (χ0) is 19.1. The summed E-state index contributed by atoms with van der Waals surface area (Å²) < 4.78 is 19.3. The summed E-state index contributed by atoms with van der Waals surface area (Å²) in [6.07, 6.45) is 0. The van der Waals surface area contributed by atoms with Crippen molar-refractivity contribution in [1.29, 1.82) is 0 Å². The zero-order valence-electron chi connectivity index (χ0n) is 14.9. The van der Waals surface area contributed by atoms with E-state index in [4.69, 9.17) is 4.42 Å². The van der Waals surface area contributed by atoms with Crippen molar-refractivity contribution in [1.82, 2.24) is 10.6 Å². The number of carbonyl (C=O) groups excluding carboxylic acids is 2. The average molecular weight is 367 g/mol. The summed E-state index contributed by atoms with van der Waals surface area (Å²) >= 11 is 0. The van der Waals surface area contributed by atoms with E-state index in [2.05, 4.69) is 16.0 Å². The molecular weight excluding hydrogens is 349 g/mol. The molecule has 0 saturated carbocycles. The molecule has 1 atom stereocenters. The fraction of sp³-hybridized carbons (Fsp3) is 0.200. The number of furan rings is 1. The van der Waals surface area contributed by atoms with Crippen molar-refractivity contribution < 1.29 is 18.4 Å². The van der Waals surface area contributed by atoms with Crippen molar-refractivity contribution >= 4 is 28.5 Å². The zero-order valence-corrected chi connectivity index (χ0v) is 14.9. The topological polar surface area (TPSA) is 83.4 Å². The van der Waals surface area contributed by atoms with Crippen LogP contribution in [-0.2, 0) is 4.79 Å². The van der Waals surface area contributed by atoms with Crippen LogP contribution < -0.4 is 16.0 Å². The first-order valence-electron chi connectivity index (χ1n) is 8.59. The molecule has 138 valence electrons. The Labute approximate surface area is 154 Å². The van der Waals surface area contributed by atoms with Crippen LogP contribution in [0.5, 0.6) is 0 Å². The average Bonchev–Trinajstić information content (AvgIpc) is 2.96. The minimum atomic E-state index is -0.364. The van der Waals surface area contributed by atoms with Crippen LogP contribution in [0.4, 0.5) is 10.1 Å². The Morgan fingerprint density at radius 2 is 2.00 bits per heavy atom. The summed E-state index contributed by atoms with van der Waals surface area (Å²) in [6.45, 7) is 2.05. The van der Waals surface area contributed by atoms with Crippen LogP contribution in [0.1, 0.15) is 28.9 Å². The van der Waals surface area contributed by atoms with Crippen LogP contribution in [0.2, 0.25) is 0 Å². The van der Waals surface area contributed by atoms with Gasteiger partial charge >= 0.3 is 0 Å². The number of rotatable bonds is 2. The standard InChI is InChI=1S/C20H18FN3O3/c1-10-13-7-14-16(8-15(13)23-9-17(25)24-10)27-19(18(14)20(26)22-2)11-3-5-12(21)6-4-11/h3-8,10,23H,9H2,1-2H3,(H,22,26)(H,24,25)/t10-/m1/s1. The highest BCUT2D eigenvalue weighted by atomic mass is 19.1. The molecule has 0 aliphatic carbocycles. The minimum Gasteiger partial charge on any atom is -0.455 e. The van der Waals surface area contributed by atoms with E-state index in [0.717, 1.165) is 11.3 Å². The largest absolute Gasteiger partial charge is 0.455 e. The van der Waals surface area contributed by atoms with Crippen LogP contribution in [0.15, 0.2) is 40.8 Å². The van der Waals surface area contributed by atoms with Crippen molar-refractivity contribution in [2.45, 2.75) is 13.0 Å². The highest BCUT2D eigenvalue weighted by Gasteiger charge is 2.25. The van der Waals surface area contributed by atoms with E-state index in [1.165, 1.54) is 12.1 Å². The molecule has 0 spiro atoms. The second kappa shape index (κ2) is 6.42. The number of fused-ring (bicyclic) bond motifs is 2. The molecule has 0 bridgehead atoms. The number of carbonyl (C=O) groups is 2. The third-order valence-electron chi connectivity index (χ3n) is 4.70. The Kier molecular flexibility index (Phi) is 4.07. The number of halogens is 1. The lowest BCUT2D eigenvalue weighted by atomic mass is 9.99. The third-order valence-corrected chi connectivity index (χ3v) is 4.70. The monoisotopic (exact) mass is 367 g/mol. The molecule has 1 aliphatic rings. The van der Waals surface area contributed by atoms with Crippen LogP contribution >= 0.6 is 0 Å². The van der Waals surface area contributed by atoms with E-state index in [1.807, 2.05) is 13.0 Å². The van der Waals surface area contributed by atoms with Gasteiger partial charge in [-0.2, -0.15) is 0 Å². The van der Waals surface area contributed by atoms with Gasteiger partial charge in [-0.1, -0.05) is 0 Å². The Balaban J connectivity index is 1.96. The highest BCUT2D eigenvalue weighted by molar-refractivity contribution is 6.12. The predicted octanol–water partition coefficient (Wildman–Crippen LogP) is 3.20. The van der Waals surface area contributed by atoms with Gasteiger partial charge in [0, 0.05) is 29.8 Å². The van der Waals surface area contributed by atoms with E-state index in [-0.39, 0.29) is 30.2 Å². The second-order valence-electron chi connectivity index (χ2n) is 6.47. The molecule has 27 heavy (non-hydrogen) atoms. The first-order chi connectivity index (χ1) is 13.0. The normalized spacial score (nSPS) is 16.3. The Bertz CT molecular complexity index is 1060. The van der Waals surface area contributed by atoms with E-state index < -0.39 is 0 Å². The fourth-order valence-corrected chi connectivity index (χ4v) is 3.37. The highest BCUT2D eigenvalue weighted by Crippen LogP contribution is 2.38. The predicted molar refractivity (Wildman–Crippen MR) is 100 cm³/mol. The lowest BCUT2D eigenvalue weighted by Gasteiger charge is -2.13. The lowest BCUT2D eigenvalue weighted by Crippen LogP contribution is -2.28. The molecule has 1 aromatic heterocycles. The summed E-state index contributed by atoms with van der Waals surface area (Å²) in [5.74, 6) is -0.391.